The van der Waals surface area contributed by atoms with Crippen molar-refractivity contribution in [1.29, 1.82) is 0 Å². The van der Waals surface area contributed by atoms with Gasteiger partial charge in [-0.2, -0.15) is 4.98 Å². The Morgan fingerprint density at radius 3 is 2.84 bits per heavy atom. The van der Waals surface area contributed by atoms with E-state index in [2.05, 4.69) is 34.4 Å². The molecule has 6 rings (SSSR count). The summed E-state index contributed by atoms with van der Waals surface area (Å²) in [6.07, 6.45) is 7.90. The molecule has 2 aliphatic heterocycles. The Morgan fingerprint density at radius 1 is 1.26 bits per heavy atom. The van der Waals surface area contributed by atoms with E-state index in [-0.39, 0.29) is 6.42 Å². The molecule has 1 aliphatic carbocycles. The number of nitrogens with one attached hydrogen (secondary N) is 1. The number of hydrogen-bond acceptors (Lipinski definition) is 6. The topological polar surface area (TPSA) is 81.6 Å². The Morgan fingerprint density at radius 2 is 2.08 bits per heavy atom. The molecule has 1 fully saturated rings. The summed E-state index contributed by atoms with van der Waals surface area (Å²) in [6, 6.07) is 12.4. The number of carboxylic acids is 1. The van der Waals surface area contributed by atoms with Gasteiger partial charge in [-0.05, 0) is 66.3 Å². The third-order valence-corrected chi connectivity index (χ3v) is 8.75. The lowest BCUT2D eigenvalue weighted by Gasteiger charge is -2.31. The minimum absolute atomic E-state index is 0.0294. The molecule has 38 heavy (non-hydrogen) atoms. The maximum Gasteiger partial charge on any atom is 0.304 e. The standard InChI is InChI=1S/C30H34ClN5O2/c1-30(15-27(37)38)18-36(26-9-4-3-8-24(26)30)28-25(31)16-32-29(34-28)33-22-13-20(12-19-6-5-7-19)23-10-11-35(2)17-21(23)14-22/h3-4,8-9,13-14,16,19H,5-7,10-12,15,17-18H2,1-2H3,(H,37,38)(H,32,33,34). The molecule has 3 heterocycles. The van der Waals surface area contributed by atoms with Crippen molar-refractivity contribution in [3.63, 3.8) is 0 Å². The van der Waals surface area contributed by atoms with Crippen LogP contribution in [0.3, 0.4) is 0 Å². The molecule has 1 aromatic heterocycles. The van der Waals surface area contributed by atoms with Crippen molar-refractivity contribution in [3.05, 3.63) is 69.9 Å². The lowest BCUT2D eigenvalue weighted by molar-refractivity contribution is -0.138. The van der Waals surface area contributed by atoms with Gasteiger partial charge in [0, 0.05) is 36.4 Å². The normalized spacial score (nSPS) is 21.1. The van der Waals surface area contributed by atoms with Crippen molar-refractivity contribution < 1.29 is 9.90 Å². The average Bonchev–Trinajstić information content (AvgIpc) is 3.14. The maximum atomic E-state index is 11.7. The van der Waals surface area contributed by atoms with Gasteiger partial charge in [0.2, 0.25) is 5.95 Å². The smallest absolute Gasteiger partial charge is 0.304 e. The SMILES string of the molecule is CN1CCc2c(CC3CCC3)cc(Nc3ncc(Cl)c(N4CC(C)(CC(=O)O)c5ccccc54)n3)cc2C1. The Hall–Kier alpha value is -3.16. The number of likely N-dealkylation sites (N-methyl/N-ethyl adjacent to an activating group) is 1. The molecule has 1 unspecified atom stereocenters. The van der Waals surface area contributed by atoms with Gasteiger partial charge in [-0.3, -0.25) is 4.79 Å². The van der Waals surface area contributed by atoms with Gasteiger partial charge >= 0.3 is 5.97 Å². The minimum atomic E-state index is -0.823. The van der Waals surface area contributed by atoms with Gasteiger partial charge in [-0.15, -0.1) is 0 Å². The maximum absolute atomic E-state index is 11.7. The molecule has 0 saturated heterocycles. The number of anilines is 4. The molecular weight excluding hydrogens is 498 g/mol. The van der Waals surface area contributed by atoms with E-state index in [9.17, 15) is 9.90 Å². The molecule has 7 nitrogen and oxygen atoms in total. The summed E-state index contributed by atoms with van der Waals surface area (Å²) in [6.45, 7) is 4.51. The van der Waals surface area contributed by atoms with Gasteiger partial charge in [-0.25, -0.2) is 4.98 Å². The van der Waals surface area contributed by atoms with Crippen LogP contribution in [-0.4, -0.2) is 46.1 Å². The zero-order valence-corrected chi connectivity index (χ0v) is 22.8. The second kappa shape index (κ2) is 9.86. The Kier molecular flexibility index (Phi) is 6.52. The summed E-state index contributed by atoms with van der Waals surface area (Å²) < 4.78 is 0. The fraction of sp³-hybridized carbons (Fsp3) is 0.433. The zero-order chi connectivity index (χ0) is 26.4. The zero-order valence-electron chi connectivity index (χ0n) is 22.0. The van der Waals surface area contributed by atoms with E-state index in [1.54, 1.807) is 6.20 Å². The monoisotopic (exact) mass is 531 g/mol. The number of fused-ring (bicyclic) bond motifs is 2. The number of aliphatic carboxylic acids is 1. The van der Waals surface area contributed by atoms with E-state index in [1.165, 1.54) is 36.0 Å². The summed E-state index contributed by atoms with van der Waals surface area (Å²) in [7, 11) is 2.18. The molecule has 0 amide bonds. The van der Waals surface area contributed by atoms with Gasteiger partial charge in [-0.1, -0.05) is 56.0 Å². The number of aromatic nitrogens is 2. The summed E-state index contributed by atoms with van der Waals surface area (Å²) in [5.74, 6) is 1.03. The summed E-state index contributed by atoms with van der Waals surface area (Å²) in [4.78, 5) is 25.4. The van der Waals surface area contributed by atoms with Gasteiger partial charge in [0.05, 0.1) is 12.6 Å². The third-order valence-electron chi connectivity index (χ3n) is 8.48. The molecule has 198 valence electrons. The van der Waals surface area contributed by atoms with Gasteiger partial charge in [0.15, 0.2) is 5.82 Å². The highest BCUT2D eigenvalue weighted by atomic mass is 35.5. The molecule has 1 atom stereocenters. The van der Waals surface area contributed by atoms with E-state index in [0.29, 0.717) is 23.3 Å². The first-order valence-corrected chi connectivity index (χ1v) is 13.9. The van der Waals surface area contributed by atoms with Crippen LogP contribution in [0, 0.1) is 5.92 Å². The van der Waals surface area contributed by atoms with Crippen LogP contribution in [0.2, 0.25) is 5.02 Å². The summed E-state index contributed by atoms with van der Waals surface area (Å²) in [5, 5.41) is 13.5. The van der Waals surface area contributed by atoms with Crippen molar-refractivity contribution in [2.45, 2.75) is 57.4 Å². The van der Waals surface area contributed by atoms with Crippen molar-refractivity contribution in [2.24, 2.45) is 5.92 Å². The summed E-state index contributed by atoms with van der Waals surface area (Å²) >= 11 is 6.64. The largest absolute Gasteiger partial charge is 0.481 e. The molecule has 2 aromatic carbocycles. The van der Waals surface area contributed by atoms with Crippen molar-refractivity contribution in [1.82, 2.24) is 14.9 Å². The van der Waals surface area contributed by atoms with E-state index in [0.717, 1.165) is 48.8 Å². The minimum Gasteiger partial charge on any atom is -0.481 e. The van der Waals surface area contributed by atoms with Crippen molar-refractivity contribution in [3.8, 4) is 0 Å². The summed E-state index contributed by atoms with van der Waals surface area (Å²) in [5.41, 5.74) is 6.72. The Labute approximate surface area is 228 Å². The number of para-hydroxylation sites is 1. The lowest BCUT2D eigenvalue weighted by Crippen LogP contribution is -2.31. The quantitative estimate of drug-likeness (QED) is 0.382. The van der Waals surface area contributed by atoms with Crippen LogP contribution in [0.1, 0.15) is 54.9 Å². The van der Waals surface area contributed by atoms with Crippen LogP contribution in [0.15, 0.2) is 42.6 Å². The molecule has 0 bridgehead atoms. The highest BCUT2D eigenvalue weighted by Crippen LogP contribution is 2.47. The van der Waals surface area contributed by atoms with Crippen molar-refractivity contribution in [2.75, 3.05) is 30.4 Å². The number of halogens is 1. The third kappa shape index (κ3) is 4.74. The molecule has 2 N–H and O–H groups in total. The van der Waals surface area contributed by atoms with Crippen LogP contribution in [0.5, 0.6) is 0 Å². The number of rotatable bonds is 7. The first-order chi connectivity index (χ1) is 18.3. The molecular formula is C30H34ClN5O2. The van der Waals surface area contributed by atoms with E-state index in [4.69, 9.17) is 16.6 Å². The molecule has 3 aromatic rings. The van der Waals surface area contributed by atoms with E-state index in [1.807, 2.05) is 36.1 Å². The van der Waals surface area contributed by atoms with Gasteiger partial charge in [0.25, 0.3) is 0 Å². The number of hydrogen-bond donors (Lipinski definition) is 2. The predicted octanol–water partition coefficient (Wildman–Crippen LogP) is 6.09. The second-order valence-electron chi connectivity index (χ2n) is 11.5. The molecule has 0 spiro atoms. The van der Waals surface area contributed by atoms with Crippen LogP contribution in [0.4, 0.5) is 23.1 Å². The van der Waals surface area contributed by atoms with Crippen LogP contribution < -0.4 is 10.2 Å². The first kappa shape index (κ1) is 25.1. The molecule has 3 aliphatic rings. The van der Waals surface area contributed by atoms with Crippen LogP contribution in [-0.2, 0) is 29.6 Å². The van der Waals surface area contributed by atoms with Gasteiger partial charge < -0.3 is 20.2 Å². The fourth-order valence-corrected chi connectivity index (χ4v) is 6.54. The number of carbonyl (C=O) groups is 1. The molecule has 8 heteroatoms. The molecule has 1 saturated carbocycles. The molecule has 0 radical (unpaired) electrons. The predicted molar refractivity (Wildman–Crippen MR) is 151 cm³/mol. The van der Waals surface area contributed by atoms with Crippen molar-refractivity contribution >= 4 is 40.7 Å². The highest BCUT2D eigenvalue weighted by molar-refractivity contribution is 6.33. The van der Waals surface area contributed by atoms with Crippen LogP contribution in [0.25, 0.3) is 0 Å². The number of nitrogens with zero attached hydrogens (tertiary/aromatic N) is 4. The van der Waals surface area contributed by atoms with Gasteiger partial charge in [0.1, 0.15) is 5.02 Å². The lowest BCUT2D eigenvalue weighted by atomic mass is 9.78. The Bertz CT molecular complexity index is 1390. The average molecular weight is 532 g/mol. The number of benzene rings is 2. The first-order valence-electron chi connectivity index (χ1n) is 13.5. The highest BCUT2D eigenvalue weighted by Gasteiger charge is 2.42. The second-order valence-corrected chi connectivity index (χ2v) is 11.9. The van der Waals surface area contributed by atoms with E-state index >= 15 is 0 Å². The van der Waals surface area contributed by atoms with E-state index < -0.39 is 11.4 Å². The fourth-order valence-electron chi connectivity index (χ4n) is 6.34. The number of carboxylic acid groups (broad SMARTS) is 1. The van der Waals surface area contributed by atoms with Crippen LogP contribution >= 0.6 is 11.6 Å². The Balaban J connectivity index is 1.33.